The second-order valence-electron chi connectivity index (χ2n) is 5.19. The molecule has 4 aromatic rings. The molecule has 2 aromatic carbocycles. The van der Waals surface area contributed by atoms with E-state index in [0.717, 1.165) is 4.68 Å². The molecule has 0 unspecified atom stereocenters. The topological polar surface area (TPSA) is 88.1 Å². The van der Waals surface area contributed by atoms with Gasteiger partial charge in [0.15, 0.2) is 16.7 Å². The van der Waals surface area contributed by atoms with Crippen LogP contribution >= 0.6 is 0 Å². The first-order chi connectivity index (χ1) is 11.6. The van der Waals surface area contributed by atoms with Crippen LogP contribution in [0.15, 0.2) is 54.6 Å². The van der Waals surface area contributed by atoms with Gasteiger partial charge < -0.3 is 5.11 Å². The van der Waals surface area contributed by atoms with Gasteiger partial charge in [0, 0.05) is 6.07 Å². The molecule has 7 nitrogen and oxygen atoms in total. The Balaban J connectivity index is 2.12. The fraction of sp³-hybridized carbons (Fsp3) is 0. The van der Waals surface area contributed by atoms with Crippen molar-refractivity contribution in [3.63, 3.8) is 0 Å². The van der Waals surface area contributed by atoms with Crippen LogP contribution in [-0.2, 0) is 0 Å². The summed E-state index contributed by atoms with van der Waals surface area (Å²) >= 11 is 0. The second kappa shape index (κ2) is 4.98. The predicted molar refractivity (Wildman–Crippen MR) is 80.3 cm³/mol. The summed E-state index contributed by atoms with van der Waals surface area (Å²) in [5.41, 5.74) is 0.538. The molecule has 0 saturated heterocycles. The monoisotopic (exact) mass is 324 g/mol. The fourth-order valence-corrected chi connectivity index (χ4v) is 2.69. The summed E-state index contributed by atoms with van der Waals surface area (Å²) in [6, 6.07) is 13.2. The van der Waals surface area contributed by atoms with Crippen LogP contribution in [-0.4, -0.2) is 14.8 Å². The van der Waals surface area contributed by atoms with E-state index in [9.17, 15) is 19.6 Å². The van der Waals surface area contributed by atoms with E-state index < -0.39 is 16.6 Å². The van der Waals surface area contributed by atoms with Crippen LogP contribution in [0.2, 0.25) is 0 Å². The average Bonchev–Trinajstić information content (AvgIpc) is 2.91. The highest BCUT2D eigenvalue weighted by atomic mass is 19.1. The smallest absolute Gasteiger partial charge is 0.285 e. The zero-order valence-electron chi connectivity index (χ0n) is 12.1. The molecule has 0 atom stereocenters. The highest BCUT2D eigenvalue weighted by molar-refractivity contribution is 5.87. The molecule has 24 heavy (non-hydrogen) atoms. The molecule has 0 saturated carbocycles. The van der Waals surface area contributed by atoms with Gasteiger partial charge in [-0.1, -0.05) is 22.7 Å². The van der Waals surface area contributed by atoms with E-state index in [4.69, 9.17) is 0 Å². The summed E-state index contributed by atoms with van der Waals surface area (Å²) in [6.45, 7) is 0. The van der Waals surface area contributed by atoms with Gasteiger partial charge in [-0.15, -0.1) is 4.68 Å². The van der Waals surface area contributed by atoms with Crippen LogP contribution in [0.1, 0.15) is 0 Å². The zero-order chi connectivity index (χ0) is 16.8. The number of hydrogen-bond acceptors (Lipinski definition) is 4. The number of halogens is 1. The highest BCUT2D eigenvalue weighted by Gasteiger charge is 2.24. The van der Waals surface area contributed by atoms with Gasteiger partial charge in [-0.05, 0) is 24.3 Å². The Hall–Kier alpha value is -3.55. The summed E-state index contributed by atoms with van der Waals surface area (Å²) in [4.78, 5) is 10.8. The van der Waals surface area contributed by atoms with E-state index in [1.807, 2.05) is 0 Å². The predicted octanol–water partition coefficient (Wildman–Crippen LogP) is 1.89. The molecule has 4 rings (SSSR count). The molecule has 2 heterocycles. The standard InChI is InChI=1S/C16H9FN4O3/c17-10-4-3-5-11(8-10)19-16(22)15-9-14(21(23)24)12-6-1-2-7-13(12)20(15)18-19/h1-9H. The van der Waals surface area contributed by atoms with Crippen molar-refractivity contribution in [3.05, 3.63) is 70.5 Å². The Kier molecular flexibility index (Phi) is 2.92. The summed E-state index contributed by atoms with van der Waals surface area (Å²) in [5, 5.41) is 28.5. The number of aromatic nitrogens is 3. The third-order valence-corrected chi connectivity index (χ3v) is 3.75. The molecule has 2 aromatic heterocycles. The van der Waals surface area contributed by atoms with Crippen LogP contribution in [0.3, 0.4) is 0 Å². The Bertz CT molecular complexity index is 1120. The van der Waals surface area contributed by atoms with Crippen molar-refractivity contribution in [3.8, 4) is 11.6 Å². The van der Waals surface area contributed by atoms with E-state index in [1.54, 1.807) is 24.3 Å². The summed E-state index contributed by atoms with van der Waals surface area (Å²) in [5.74, 6) is -1.07. The fourth-order valence-electron chi connectivity index (χ4n) is 2.69. The van der Waals surface area contributed by atoms with E-state index in [1.165, 1.54) is 34.8 Å². The van der Waals surface area contributed by atoms with Crippen LogP contribution in [0, 0.1) is 15.9 Å². The first-order valence-corrected chi connectivity index (χ1v) is 7.00. The summed E-state index contributed by atoms with van der Waals surface area (Å²) in [7, 11) is 0. The van der Waals surface area contributed by atoms with E-state index in [0.29, 0.717) is 10.9 Å². The molecule has 0 radical (unpaired) electrons. The van der Waals surface area contributed by atoms with Crippen molar-refractivity contribution in [2.45, 2.75) is 0 Å². The summed E-state index contributed by atoms with van der Waals surface area (Å²) < 4.78 is 15.8. The average molecular weight is 324 g/mol. The van der Waals surface area contributed by atoms with Crippen LogP contribution in [0.5, 0.6) is 5.88 Å². The Labute approximate surface area is 133 Å². The van der Waals surface area contributed by atoms with Crippen LogP contribution in [0.25, 0.3) is 22.1 Å². The molecule has 118 valence electrons. The minimum atomic E-state index is -0.561. The third kappa shape index (κ3) is 1.97. The molecule has 0 spiro atoms. The first-order valence-electron chi connectivity index (χ1n) is 7.00. The molecule has 8 heteroatoms. The number of rotatable bonds is 2. The second-order valence-corrected chi connectivity index (χ2v) is 5.19. The number of para-hydroxylation sites is 1. The lowest BCUT2D eigenvalue weighted by Crippen LogP contribution is -2.26. The maximum Gasteiger partial charge on any atom is 0.285 e. The maximum atomic E-state index is 13.4. The largest absolute Gasteiger partial charge is 0.837 e. The molecule has 0 bridgehead atoms. The maximum absolute atomic E-state index is 13.4. The van der Waals surface area contributed by atoms with Crippen LogP contribution in [0.4, 0.5) is 10.1 Å². The number of nitro groups is 1. The van der Waals surface area contributed by atoms with Crippen molar-refractivity contribution < 1.29 is 18.9 Å². The van der Waals surface area contributed by atoms with Crippen molar-refractivity contribution >= 4 is 22.1 Å². The quantitative estimate of drug-likeness (QED) is 0.320. The molecule has 0 aliphatic heterocycles. The molecule has 0 fully saturated rings. The number of nitrogens with zero attached hydrogens (tertiary/aromatic N) is 4. The van der Waals surface area contributed by atoms with Crippen molar-refractivity contribution in [2.24, 2.45) is 0 Å². The van der Waals surface area contributed by atoms with Crippen molar-refractivity contribution in [1.29, 1.82) is 0 Å². The van der Waals surface area contributed by atoms with Crippen LogP contribution < -0.4 is 9.62 Å². The number of benzene rings is 2. The first kappa shape index (κ1) is 14.1. The van der Waals surface area contributed by atoms with E-state index >= 15 is 0 Å². The molecular weight excluding hydrogens is 315 g/mol. The van der Waals surface area contributed by atoms with Gasteiger partial charge >= 0.3 is 0 Å². The van der Waals surface area contributed by atoms with Gasteiger partial charge in [-0.2, -0.15) is 0 Å². The number of hydrogen-bond donors (Lipinski definition) is 0. The molecule has 0 aliphatic rings. The Morgan fingerprint density at radius 1 is 1.08 bits per heavy atom. The lowest BCUT2D eigenvalue weighted by atomic mass is 10.2. The van der Waals surface area contributed by atoms with Gasteiger partial charge in [-0.25, -0.2) is 4.39 Å². The van der Waals surface area contributed by atoms with Gasteiger partial charge in [0.1, 0.15) is 22.3 Å². The Morgan fingerprint density at radius 3 is 2.62 bits per heavy atom. The van der Waals surface area contributed by atoms with Gasteiger partial charge in [-0.3, -0.25) is 10.1 Å². The van der Waals surface area contributed by atoms with E-state index in [-0.39, 0.29) is 16.9 Å². The lowest BCUT2D eigenvalue weighted by molar-refractivity contribution is -0.556. The van der Waals surface area contributed by atoms with Crippen molar-refractivity contribution in [1.82, 2.24) is 9.90 Å². The molecule has 0 aliphatic carbocycles. The minimum absolute atomic E-state index is 0.0460. The normalized spacial score (nSPS) is 11.2. The van der Waals surface area contributed by atoms with Gasteiger partial charge in [0.2, 0.25) is 0 Å². The van der Waals surface area contributed by atoms with Crippen molar-refractivity contribution in [2.75, 3.05) is 0 Å². The van der Waals surface area contributed by atoms with E-state index in [2.05, 4.69) is 5.21 Å². The summed E-state index contributed by atoms with van der Waals surface area (Å²) in [6.07, 6.45) is 0. The molecule has 0 amide bonds. The zero-order valence-corrected chi connectivity index (χ0v) is 12.1. The number of pyridine rings is 1. The lowest BCUT2D eigenvalue weighted by Gasteiger charge is -2.01. The molecular formula is C16H9FN4O3. The Morgan fingerprint density at radius 2 is 1.88 bits per heavy atom. The third-order valence-electron chi connectivity index (χ3n) is 3.75. The molecule has 0 N–H and O–H groups in total. The number of fused-ring (bicyclic) bond motifs is 3. The highest BCUT2D eigenvalue weighted by Crippen LogP contribution is 2.27. The van der Waals surface area contributed by atoms with Gasteiger partial charge in [0.25, 0.3) is 5.69 Å². The SMILES string of the molecule is O=[N+]([O-])c1cc2c([O-])n(-c3cccc(F)c3)n[n+]2c2ccccc12. The van der Waals surface area contributed by atoms with Gasteiger partial charge in [0.05, 0.1) is 11.0 Å². The minimum Gasteiger partial charge on any atom is -0.837 e.